The number of aryl methyl sites for hydroxylation is 1. The number of aromatic nitrogens is 3. The Kier molecular flexibility index (Phi) is 3.71. The smallest absolute Gasteiger partial charge is 0.336 e. The Morgan fingerprint density at radius 2 is 2.04 bits per heavy atom. The van der Waals surface area contributed by atoms with Crippen LogP contribution >= 0.6 is 0 Å². The Morgan fingerprint density at radius 3 is 2.54 bits per heavy atom. The summed E-state index contributed by atoms with van der Waals surface area (Å²) in [6, 6.07) is 1.30. The highest BCUT2D eigenvalue weighted by Crippen LogP contribution is 2.32. The van der Waals surface area contributed by atoms with E-state index in [0.29, 0.717) is 28.8 Å². The van der Waals surface area contributed by atoms with Crippen molar-refractivity contribution in [3.8, 4) is 0 Å². The average Bonchev–Trinajstić information content (AvgIpc) is 2.97. The van der Waals surface area contributed by atoms with Gasteiger partial charge in [0, 0.05) is 11.1 Å². The van der Waals surface area contributed by atoms with Crippen LogP contribution in [0.2, 0.25) is 0 Å². The number of hydrogen-bond donors (Lipinski definition) is 1. The van der Waals surface area contributed by atoms with Crippen molar-refractivity contribution < 1.29 is 18.3 Å². The average molecular weight is 351 g/mol. The molecule has 0 saturated carbocycles. The lowest BCUT2D eigenvalue weighted by Gasteiger charge is -2.19. The van der Waals surface area contributed by atoms with E-state index >= 15 is 0 Å². The SMILES string of the molecule is Cc1nn([C@H]2CCS(=O)(=O)C2)c2nc(C(C)(C)C)cc(C(=O)O)c12. The minimum absolute atomic E-state index is 0.0209. The van der Waals surface area contributed by atoms with Gasteiger partial charge >= 0.3 is 5.97 Å². The van der Waals surface area contributed by atoms with Crippen molar-refractivity contribution in [1.82, 2.24) is 14.8 Å². The Labute approximate surface area is 140 Å². The predicted molar refractivity (Wildman–Crippen MR) is 90.2 cm³/mol. The molecule has 1 fully saturated rings. The molecule has 3 rings (SSSR count). The van der Waals surface area contributed by atoms with Crippen molar-refractivity contribution in [3.05, 3.63) is 23.0 Å². The van der Waals surface area contributed by atoms with Crippen molar-refractivity contribution in [1.29, 1.82) is 0 Å². The lowest BCUT2D eigenvalue weighted by atomic mass is 9.90. The van der Waals surface area contributed by atoms with Gasteiger partial charge in [-0.3, -0.25) is 0 Å². The van der Waals surface area contributed by atoms with Gasteiger partial charge in [-0.2, -0.15) is 5.10 Å². The van der Waals surface area contributed by atoms with E-state index in [-0.39, 0.29) is 28.5 Å². The van der Waals surface area contributed by atoms with E-state index in [9.17, 15) is 18.3 Å². The van der Waals surface area contributed by atoms with Crippen molar-refractivity contribution in [2.24, 2.45) is 0 Å². The van der Waals surface area contributed by atoms with Gasteiger partial charge in [-0.05, 0) is 19.4 Å². The Hall–Kier alpha value is -1.96. The van der Waals surface area contributed by atoms with Gasteiger partial charge in [0.2, 0.25) is 0 Å². The second-order valence-electron chi connectivity index (χ2n) is 7.40. The fraction of sp³-hybridized carbons (Fsp3) is 0.562. The summed E-state index contributed by atoms with van der Waals surface area (Å²) in [5.41, 5.74) is 1.49. The monoisotopic (exact) mass is 351 g/mol. The molecule has 130 valence electrons. The summed E-state index contributed by atoms with van der Waals surface area (Å²) >= 11 is 0. The van der Waals surface area contributed by atoms with Crippen molar-refractivity contribution in [3.63, 3.8) is 0 Å². The second-order valence-corrected chi connectivity index (χ2v) is 9.62. The largest absolute Gasteiger partial charge is 0.478 e. The molecule has 1 aliphatic rings. The van der Waals surface area contributed by atoms with Crippen LogP contribution in [0.5, 0.6) is 0 Å². The molecule has 24 heavy (non-hydrogen) atoms. The highest BCUT2D eigenvalue weighted by Gasteiger charge is 2.33. The van der Waals surface area contributed by atoms with Crippen LogP contribution in [-0.4, -0.2) is 45.8 Å². The first kappa shape index (κ1) is 16.9. The summed E-state index contributed by atoms with van der Waals surface area (Å²) in [6.07, 6.45) is 0.475. The van der Waals surface area contributed by atoms with Gasteiger partial charge in [0.15, 0.2) is 15.5 Å². The third kappa shape index (κ3) is 2.79. The summed E-state index contributed by atoms with van der Waals surface area (Å²) in [5.74, 6) is -0.884. The van der Waals surface area contributed by atoms with Crippen LogP contribution in [0.1, 0.15) is 55.0 Å². The maximum Gasteiger partial charge on any atom is 0.336 e. The van der Waals surface area contributed by atoms with Crippen LogP contribution < -0.4 is 0 Å². The quantitative estimate of drug-likeness (QED) is 0.889. The molecule has 1 aliphatic heterocycles. The van der Waals surface area contributed by atoms with Crippen LogP contribution in [0.4, 0.5) is 0 Å². The molecular weight excluding hydrogens is 330 g/mol. The molecule has 1 atom stereocenters. The van der Waals surface area contributed by atoms with Gasteiger partial charge in [0.05, 0.1) is 34.2 Å². The molecule has 0 aromatic carbocycles. The summed E-state index contributed by atoms with van der Waals surface area (Å²) in [5, 5.41) is 14.5. The number of fused-ring (bicyclic) bond motifs is 1. The number of hydrogen-bond acceptors (Lipinski definition) is 5. The Morgan fingerprint density at radius 1 is 1.38 bits per heavy atom. The molecular formula is C16H21N3O4S. The van der Waals surface area contributed by atoms with E-state index in [1.165, 1.54) is 0 Å². The highest BCUT2D eigenvalue weighted by atomic mass is 32.2. The van der Waals surface area contributed by atoms with Gasteiger partial charge in [-0.1, -0.05) is 20.8 Å². The molecule has 0 spiro atoms. The maximum absolute atomic E-state index is 11.8. The topological polar surface area (TPSA) is 102 Å². The van der Waals surface area contributed by atoms with Crippen LogP contribution in [0, 0.1) is 6.92 Å². The van der Waals surface area contributed by atoms with Gasteiger partial charge in [0.25, 0.3) is 0 Å². The lowest BCUT2D eigenvalue weighted by molar-refractivity contribution is 0.0698. The first-order chi connectivity index (χ1) is 11.0. The van der Waals surface area contributed by atoms with Gasteiger partial charge in [-0.25, -0.2) is 22.9 Å². The standard InChI is InChI=1S/C16H21N3O4S/c1-9-13-11(15(20)21)7-12(16(2,3)4)17-14(13)19(18-9)10-5-6-24(22,23)8-10/h7,10H,5-6,8H2,1-4H3,(H,20,21)/t10-/m0/s1. The fourth-order valence-electron chi connectivity index (χ4n) is 3.09. The Bertz CT molecular complexity index is 938. The van der Waals surface area contributed by atoms with Crippen LogP contribution in [0.15, 0.2) is 6.07 Å². The predicted octanol–water partition coefficient (Wildman–Crippen LogP) is 2.10. The fourth-order valence-corrected chi connectivity index (χ4v) is 4.78. The van der Waals surface area contributed by atoms with Gasteiger partial charge in [-0.15, -0.1) is 0 Å². The third-order valence-electron chi connectivity index (χ3n) is 4.39. The number of carbonyl (C=O) groups is 1. The minimum atomic E-state index is -3.07. The molecule has 0 aliphatic carbocycles. The van der Waals surface area contributed by atoms with E-state index in [2.05, 4.69) is 10.1 Å². The lowest BCUT2D eigenvalue weighted by Crippen LogP contribution is -2.17. The molecule has 0 amide bonds. The van der Waals surface area contributed by atoms with Crippen LogP contribution in [0.3, 0.4) is 0 Å². The summed E-state index contributed by atoms with van der Waals surface area (Å²) in [7, 11) is -3.07. The molecule has 0 radical (unpaired) electrons. The van der Waals surface area contributed by atoms with Crippen molar-refractivity contribution in [2.45, 2.75) is 45.6 Å². The van der Waals surface area contributed by atoms with Crippen molar-refractivity contribution >= 4 is 26.8 Å². The number of aromatic carboxylic acids is 1. The van der Waals surface area contributed by atoms with E-state index < -0.39 is 15.8 Å². The minimum Gasteiger partial charge on any atom is -0.478 e. The number of sulfone groups is 1. The first-order valence-corrected chi connectivity index (χ1v) is 9.66. The summed E-state index contributed by atoms with van der Waals surface area (Å²) in [4.78, 5) is 16.4. The van der Waals surface area contributed by atoms with Crippen LogP contribution in [-0.2, 0) is 15.3 Å². The molecule has 1 saturated heterocycles. The van der Waals surface area contributed by atoms with E-state index in [1.807, 2.05) is 20.8 Å². The van der Waals surface area contributed by atoms with E-state index in [1.54, 1.807) is 17.7 Å². The zero-order valence-corrected chi connectivity index (χ0v) is 15.0. The number of carboxylic acids is 1. The van der Waals surface area contributed by atoms with Crippen LogP contribution in [0.25, 0.3) is 11.0 Å². The maximum atomic E-state index is 11.8. The summed E-state index contributed by atoms with van der Waals surface area (Å²) < 4.78 is 25.2. The molecule has 2 aromatic rings. The highest BCUT2D eigenvalue weighted by molar-refractivity contribution is 7.91. The van der Waals surface area contributed by atoms with E-state index in [0.717, 1.165) is 0 Å². The number of nitrogens with zero attached hydrogens (tertiary/aromatic N) is 3. The molecule has 0 unspecified atom stereocenters. The number of carboxylic acid groups (broad SMARTS) is 1. The molecule has 0 bridgehead atoms. The van der Waals surface area contributed by atoms with Gasteiger partial charge in [0.1, 0.15) is 0 Å². The molecule has 8 heteroatoms. The summed E-state index contributed by atoms with van der Waals surface area (Å²) in [6.45, 7) is 7.61. The second kappa shape index (κ2) is 5.27. The number of rotatable bonds is 2. The van der Waals surface area contributed by atoms with Crippen molar-refractivity contribution in [2.75, 3.05) is 11.5 Å². The normalized spacial score (nSPS) is 20.6. The Balaban J connectivity index is 2.29. The first-order valence-electron chi connectivity index (χ1n) is 7.83. The molecule has 1 N–H and O–H groups in total. The molecule has 7 nitrogen and oxygen atoms in total. The zero-order valence-electron chi connectivity index (χ0n) is 14.2. The molecule has 2 aromatic heterocycles. The van der Waals surface area contributed by atoms with E-state index in [4.69, 9.17) is 0 Å². The number of pyridine rings is 1. The molecule has 3 heterocycles. The zero-order chi connectivity index (χ0) is 17.9. The third-order valence-corrected chi connectivity index (χ3v) is 6.14. The van der Waals surface area contributed by atoms with Gasteiger partial charge < -0.3 is 5.11 Å².